The van der Waals surface area contributed by atoms with E-state index in [1.165, 1.54) is 10.9 Å². The minimum Gasteiger partial charge on any atom is -0.479 e. The summed E-state index contributed by atoms with van der Waals surface area (Å²) in [7, 11) is 0. The molecule has 1 aliphatic heterocycles. The van der Waals surface area contributed by atoms with Crippen molar-refractivity contribution in [2.75, 3.05) is 19.8 Å². The van der Waals surface area contributed by atoms with E-state index < -0.39 is 17.4 Å². The highest BCUT2D eigenvalue weighted by atomic mass is 16.5. The molecule has 1 amide bonds. The van der Waals surface area contributed by atoms with E-state index in [1.54, 1.807) is 0 Å². The lowest BCUT2D eigenvalue weighted by molar-refractivity contribution is -0.144. The van der Waals surface area contributed by atoms with E-state index in [1.807, 2.05) is 0 Å². The third-order valence-electron chi connectivity index (χ3n) is 2.91. The van der Waals surface area contributed by atoms with Crippen molar-refractivity contribution in [1.82, 2.24) is 20.3 Å². The maximum Gasteiger partial charge on any atom is 0.331 e. The number of carboxylic acids is 1. The van der Waals surface area contributed by atoms with Gasteiger partial charge in [0.05, 0.1) is 19.3 Å². The molecule has 9 heteroatoms. The van der Waals surface area contributed by atoms with Crippen molar-refractivity contribution in [2.24, 2.45) is 5.73 Å². The fourth-order valence-electron chi connectivity index (χ4n) is 1.81. The monoisotopic (exact) mass is 269 g/mol. The summed E-state index contributed by atoms with van der Waals surface area (Å²) in [4.78, 5) is 23.2. The Morgan fingerprint density at radius 1 is 1.63 bits per heavy atom. The van der Waals surface area contributed by atoms with Gasteiger partial charge in [0.15, 0.2) is 11.2 Å². The molecule has 0 aliphatic carbocycles. The van der Waals surface area contributed by atoms with E-state index in [4.69, 9.17) is 10.5 Å². The van der Waals surface area contributed by atoms with E-state index in [2.05, 4.69) is 15.6 Å². The SMILES string of the molecule is NCCn1cc(C(=O)NC2(C(=O)O)CCOC2)nn1. The van der Waals surface area contributed by atoms with Crippen molar-refractivity contribution in [3.63, 3.8) is 0 Å². The molecule has 1 aliphatic rings. The summed E-state index contributed by atoms with van der Waals surface area (Å²) in [6.07, 6.45) is 1.65. The molecular weight excluding hydrogens is 254 g/mol. The Bertz CT molecular complexity index is 480. The number of aliphatic carboxylic acids is 1. The molecule has 9 nitrogen and oxygen atoms in total. The van der Waals surface area contributed by atoms with Crippen LogP contribution in [-0.4, -0.2) is 57.3 Å². The highest BCUT2D eigenvalue weighted by molar-refractivity contribution is 5.96. The predicted molar refractivity (Wildman–Crippen MR) is 62.3 cm³/mol. The van der Waals surface area contributed by atoms with Crippen molar-refractivity contribution in [3.05, 3.63) is 11.9 Å². The van der Waals surface area contributed by atoms with Crippen molar-refractivity contribution in [3.8, 4) is 0 Å². The van der Waals surface area contributed by atoms with Gasteiger partial charge in [0.1, 0.15) is 0 Å². The zero-order valence-corrected chi connectivity index (χ0v) is 10.2. The minimum absolute atomic E-state index is 0.0506. The molecule has 0 aromatic carbocycles. The van der Waals surface area contributed by atoms with Gasteiger partial charge in [-0.15, -0.1) is 5.10 Å². The second-order valence-corrected chi connectivity index (χ2v) is 4.30. The molecule has 19 heavy (non-hydrogen) atoms. The summed E-state index contributed by atoms with van der Waals surface area (Å²) in [5, 5.41) is 19.0. The van der Waals surface area contributed by atoms with E-state index >= 15 is 0 Å². The Labute approximate surface area is 108 Å². The summed E-state index contributed by atoms with van der Waals surface area (Å²) in [6, 6.07) is 0. The molecule has 0 spiro atoms. The number of hydrogen-bond donors (Lipinski definition) is 3. The van der Waals surface area contributed by atoms with Gasteiger partial charge in [-0.2, -0.15) is 0 Å². The first kappa shape index (κ1) is 13.4. The van der Waals surface area contributed by atoms with Crippen LogP contribution < -0.4 is 11.1 Å². The van der Waals surface area contributed by atoms with Crippen LogP contribution in [0.3, 0.4) is 0 Å². The zero-order chi connectivity index (χ0) is 13.9. The van der Waals surface area contributed by atoms with Crippen molar-refractivity contribution >= 4 is 11.9 Å². The van der Waals surface area contributed by atoms with Crippen LogP contribution in [0.25, 0.3) is 0 Å². The lowest BCUT2D eigenvalue weighted by Gasteiger charge is -2.22. The molecule has 1 aromatic heterocycles. The number of carboxylic acid groups (broad SMARTS) is 1. The predicted octanol–water partition coefficient (Wildman–Crippen LogP) is -1.79. The highest BCUT2D eigenvalue weighted by Gasteiger charge is 2.44. The van der Waals surface area contributed by atoms with Gasteiger partial charge >= 0.3 is 5.97 Å². The molecule has 1 atom stereocenters. The fourth-order valence-corrected chi connectivity index (χ4v) is 1.81. The van der Waals surface area contributed by atoms with E-state index in [0.29, 0.717) is 19.7 Å². The standard InChI is InChI=1S/C10H15N5O4/c11-2-3-15-5-7(13-14-15)8(16)12-10(9(17)18)1-4-19-6-10/h5H,1-4,6,11H2,(H,12,16)(H,17,18). The van der Waals surface area contributed by atoms with Crippen LogP contribution in [0.4, 0.5) is 0 Å². The number of nitrogens with one attached hydrogen (secondary N) is 1. The van der Waals surface area contributed by atoms with Crippen LogP contribution in [0.2, 0.25) is 0 Å². The molecule has 1 unspecified atom stereocenters. The largest absolute Gasteiger partial charge is 0.479 e. The summed E-state index contributed by atoms with van der Waals surface area (Å²) in [5.41, 5.74) is 4.03. The number of amides is 1. The Balaban J connectivity index is 2.08. The van der Waals surface area contributed by atoms with Crippen LogP contribution in [0.1, 0.15) is 16.9 Å². The van der Waals surface area contributed by atoms with Crippen LogP contribution in [0.15, 0.2) is 6.20 Å². The number of ether oxygens (including phenoxy) is 1. The summed E-state index contributed by atoms with van der Waals surface area (Å²) < 4.78 is 6.47. The number of rotatable bonds is 5. The Kier molecular flexibility index (Phi) is 3.76. The minimum atomic E-state index is -1.38. The first-order valence-electron chi connectivity index (χ1n) is 5.81. The normalized spacial score (nSPS) is 22.4. The van der Waals surface area contributed by atoms with E-state index in [9.17, 15) is 14.7 Å². The number of carbonyl (C=O) groups is 2. The molecule has 4 N–H and O–H groups in total. The van der Waals surface area contributed by atoms with Gasteiger partial charge in [-0.1, -0.05) is 5.21 Å². The molecule has 0 radical (unpaired) electrons. The summed E-state index contributed by atoms with van der Waals surface area (Å²) in [6.45, 7) is 1.06. The van der Waals surface area contributed by atoms with Gasteiger partial charge in [-0.25, -0.2) is 4.79 Å². The zero-order valence-electron chi connectivity index (χ0n) is 10.2. The molecule has 1 aromatic rings. The van der Waals surface area contributed by atoms with Gasteiger partial charge in [0, 0.05) is 19.6 Å². The molecule has 0 bridgehead atoms. The quantitative estimate of drug-likeness (QED) is 0.575. The number of aromatic nitrogens is 3. The van der Waals surface area contributed by atoms with E-state index in [-0.39, 0.29) is 18.7 Å². The summed E-state index contributed by atoms with van der Waals surface area (Å²) in [5.74, 6) is -1.70. The molecule has 1 fully saturated rings. The number of carbonyl (C=O) groups excluding carboxylic acids is 1. The average Bonchev–Trinajstić information content (AvgIpc) is 2.99. The smallest absolute Gasteiger partial charge is 0.331 e. The third kappa shape index (κ3) is 2.71. The number of hydrogen-bond acceptors (Lipinski definition) is 6. The first-order chi connectivity index (χ1) is 9.07. The molecule has 0 saturated carbocycles. The molecule has 2 rings (SSSR count). The van der Waals surface area contributed by atoms with Crippen molar-refractivity contribution in [2.45, 2.75) is 18.5 Å². The average molecular weight is 269 g/mol. The first-order valence-corrected chi connectivity index (χ1v) is 5.81. The van der Waals surface area contributed by atoms with Gasteiger partial charge in [-0.3, -0.25) is 9.48 Å². The third-order valence-corrected chi connectivity index (χ3v) is 2.91. The number of nitrogens with two attached hydrogens (primary N) is 1. The Morgan fingerprint density at radius 2 is 2.42 bits per heavy atom. The molecule has 104 valence electrons. The second kappa shape index (κ2) is 5.33. The van der Waals surface area contributed by atoms with Crippen LogP contribution in [0, 0.1) is 0 Å². The van der Waals surface area contributed by atoms with Gasteiger partial charge in [-0.05, 0) is 0 Å². The Morgan fingerprint density at radius 3 is 3.00 bits per heavy atom. The lowest BCUT2D eigenvalue weighted by atomic mass is 9.99. The van der Waals surface area contributed by atoms with Gasteiger partial charge in [0.25, 0.3) is 5.91 Å². The van der Waals surface area contributed by atoms with Crippen LogP contribution in [0.5, 0.6) is 0 Å². The van der Waals surface area contributed by atoms with Crippen LogP contribution in [-0.2, 0) is 16.1 Å². The lowest BCUT2D eigenvalue weighted by Crippen LogP contribution is -2.55. The molecule has 2 heterocycles. The van der Waals surface area contributed by atoms with Crippen molar-refractivity contribution < 1.29 is 19.4 Å². The maximum atomic E-state index is 12.0. The van der Waals surface area contributed by atoms with Crippen molar-refractivity contribution in [1.29, 1.82) is 0 Å². The van der Waals surface area contributed by atoms with E-state index in [0.717, 1.165) is 0 Å². The molecular formula is C10H15N5O4. The molecule has 1 saturated heterocycles. The van der Waals surface area contributed by atoms with Gasteiger partial charge < -0.3 is 20.9 Å². The summed E-state index contributed by atoms with van der Waals surface area (Å²) >= 11 is 0. The topological polar surface area (TPSA) is 132 Å². The maximum absolute atomic E-state index is 12.0. The van der Waals surface area contributed by atoms with Gasteiger partial charge in [0.2, 0.25) is 0 Å². The Hall–Kier alpha value is -2.00. The number of nitrogens with zero attached hydrogens (tertiary/aromatic N) is 3. The highest BCUT2D eigenvalue weighted by Crippen LogP contribution is 2.19. The van der Waals surface area contributed by atoms with Crippen LogP contribution >= 0.6 is 0 Å². The second-order valence-electron chi connectivity index (χ2n) is 4.30. The fraction of sp³-hybridized carbons (Fsp3) is 0.600.